The molecule has 2 aromatic rings. The van der Waals surface area contributed by atoms with E-state index in [9.17, 15) is 0 Å². The molecule has 0 amide bonds. The van der Waals surface area contributed by atoms with Crippen LogP contribution in [0.15, 0.2) is 36.4 Å². The summed E-state index contributed by atoms with van der Waals surface area (Å²) in [6, 6.07) is 13.6. The largest absolute Gasteiger partial charge is 0.350 e. The first-order valence-corrected chi connectivity index (χ1v) is 11.4. The van der Waals surface area contributed by atoms with Crippen LogP contribution in [0.5, 0.6) is 0 Å². The van der Waals surface area contributed by atoms with Crippen molar-refractivity contribution in [2.75, 3.05) is 6.61 Å². The molecule has 0 N–H and O–H groups in total. The number of hydrogen-bond donors (Lipinski definition) is 0. The second-order valence-electron chi connectivity index (χ2n) is 7.43. The first-order valence-electron chi connectivity index (χ1n) is 10.1. The highest BCUT2D eigenvalue weighted by Gasteiger charge is 2.16. The fourth-order valence-corrected chi connectivity index (χ4v) is 4.99. The molecule has 0 aliphatic carbocycles. The Morgan fingerprint density at radius 1 is 0.654 bits per heavy atom. The minimum absolute atomic E-state index is 0.736. The summed E-state index contributed by atoms with van der Waals surface area (Å²) in [5.74, 6) is 0. The van der Waals surface area contributed by atoms with Crippen molar-refractivity contribution in [1.82, 2.24) is 0 Å². The fraction of sp³-hybridized carbons (Fsp3) is 0.500. The molecule has 0 aliphatic heterocycles. The first-order chi connectivity index (χ1) is 12.5. The van der Waals surface area contributed by atoms with E-state index in [0.29, 0.717) is 0 Å². The van der Waals surface area contributed by atoms with Gasteiger partial charge in [0.15, 0.2) is 0 Å². The van der Waals surface area contributed by atoms with Crippen LogP contribution in [0.3, 0.4) is 0 Å². The molecule has 26 heavy (non-hydrogen) atoms. The van der Waals surface area contributed by atoms with E-state index in [0.717, 1.165) is 13.0 Å². The van der Waals surface area contributed by atoms with Crippen LogP contribution in [-0.2, 0) is 4.52 Å². The Morgan fingerprint density at radius 3 is 1.65 bits per heavy atom. The molecule has 0 unspecified atom stereocenters. The van der Waals surface area contributed by atoms with Crippen molar-refractivity contribution < 1.29 is 4.52 Å². The van der Waals surface area contributed by atoms with Gasteiger partial charge in [0.2, 0.25) is 0 Å². The van der Waals surface area contributed by atoms with Crippen LogP contribution < -0.4 is 10.6 Å². The summed E-state index contributed by atoms with van der Waals surface area (Å²) < 4.78 is 6.48. The second-order valence-corrected chi connectivity index (χ2v) is 9.31. The third kappa shape index (κ3) is 6.22. The lowest BCUT2D eigenvalue weighted by Gasteiger charge is -2.20. The molecule has 2 rings (SSSR count). The van der Waals surface area contributed by atoms with Gasteiger partial charge in [0, 0.05) is 10.6 Å². The van der Waals surface area contributed by atoms with Crippen molar-refractivity contribution in [3.8, 4) is 0 Å². The Kier molecular flexibility index (Phi) is 8.82. The maximum absolute atomic E-state index is 6.48. The Balaban J connectivity index is 2.08. The summed E-state index contributed by atoms with van der Waals surface area (Å²) >= 11 is 0. The van der Waals surface area contributed by atoms with Crippen LogP contribution in [0, 0.1) is 27.7 Å². The van der Waals surface area contributed by atoms with Crippen molar-refractivity contribution in [1.29, 1.82) is 0 Å². The van der Waals surface area contributed by atoms with Gasteiger partial charge in [-0.15, -0.1) is 0 Å². The van der Waals surface area contributed by atoms with E-state index in [1.165, 1.54) is 65.0 Å². The van der Waals surface area contributed by atoms with E-state index in [-0.39, 0.29) is 0 Å². The fourth-order valence-electron chi connectivity index (χ4n) is 3.04. The summed E-state index contributed by atoms with van der Waals surface area (Å²) in [6.07, 6.45) is 7.81. The second kappa shape index (κ2) is 10.9. The van der Waals surface area contributed by atoms with Gasteiger partial charge in [-0.25, -0.2) is 0 Å². The molecule has 0 saturated carbocycles. The molecule has 0 saturated heterocycles. The van der Waals surface area contributed by atoms with Crippen LogP contribution in [0.2, 0.25) is 0 Å². The van der Waals surface area contributed by atoms with E-state index in [4.69, 9.17) is 4.52 Å². The van der Waals surface area contributed by atoms with Gasteiger partial charge in [-0.2, -0.15) is 0 Å². The molecule has 2 heteroatoms. The summed E-state index contributed by atoms with van der Waals surface area (Å²) in [6.45, 7) is 11.9. The molecule has 0 bridgehead atoms. The highest BCUT2D eigenvalue weighted by molar-refractivity contribution is 7.68. The van der Waals surface area contributed by atoms with Crippen LogP contribution in [-0.4, -0.2) is 6.61 Å². The number of unbranched alkanes of at least 4 members (excludes halogenated alkanes) is 5. The van der Waals surface area contributed by atoms with Gasteiger partial charge in [-0.3, -0.25) is 0 Å². The SMILES string of the molecule is CCCCCCCCOP(c1ccc(C)c(C)c1)c1ccc(C)c(C)c1. The molecule has 0 atom stereocenters. The molecule has 0 aromatic heterocycles. The maximum Gasteiger partial charge on any atom is 0.0917 e. The van der Waals surface area contributed by atoms with E-state index in [2.05, 4.69) is 71.0 Å². The van der Waals surface area contributed by atoms with Gasteiger partial charge in [-0.05, 0) is 68.5 Å². The lowest BCUT2D eigenvalue weighted by Crippen LogP contribution is -2.16. The lowest BCUT2D eigenvalue weighted by molar-refractivity contribution is 0.343. The highest BCUT2D eigenvalue weighted by atomic mass is 31.1. The Hall–Kier alpha value is -1.17. The van der Waals surface area contributed by atoms with Crippen molar-refractivity contribution in [2.45, 2.75) is 73.1 Å². The standard InChI is InChI=1S/C24H35OP/c1-6-7-8-9-10-11-16-25-26(23-14-12-19(2)21(4)17-23)24-15-13-20(3)22(5)18-24/h12-15,17-18H,6-11,16H2,1-5H3. The average Bonchev–Trinajstić information content (AvgIpc) is 2.62. The molecule has 0 radical (unpaired) electrons. The molecule has 2 aromatic carbocycles. The number of rotatable bonds is 10. The topological polar surface area (TPSA) is 9.23 Å². The van der Waals surface area contributed by atoms with Gasteiger partial charge in [0.05, 0.1) is 14.8 Å². The first kappa shape index (κ1) is 21.1. The predicted molar refractivity (Wildman–Crippen MR) is 117 cm³/mol. The molecule has 0 spiro atoms. The van der Waals surface area contributed by atoms with Gasteiger partial charge < -0.3 is 4.52 Å². The molecule has 0 heterocycles. The van der Waals surface area contributed by atoms with Crippen molar-refractivity contribution >= 4 is 18.8 Å². The van der Waals surface area contributed by atoms with Crippen molar-refractivity contribution in [3.63, 3.8) is 0 Å². The minimum atomic E-state index is -0.736. The summed E-state index contributed by atoms with van der Waals surface area (Å²) in [5.41, 5.74) is 5.39. The molecular formula is C24H35OP. The third-order valence-electron chi connectivity index (χ3n) is 5.17. The third-order valence-corrected chi connectivity index (χ3v) is 7.10. The summed E-state index contributed by atoms with van der Waals surface area (Å²) in [5, 5.41) is 2.66. The van der Waals surface area contributed by atoms with E-state index in [1.54, 1.807) is 0 Å². The normalized spacial score (nSPS) is 11.3. The Morgan fingerprint density at radius 2 is 1.15 bits per heavy atom. The zero-order chi connectivity index (χ0) is 18.9. The van der Waals surface area contributed by atoms with Crippen molar-refractivity contribution in [2.24, 2.45) is 0 Å². The zero-order valence-electron chi connectivity index (χ0n) is 17.3. The van der Waals surface area contributed by atoms with Gasteiger partial charge >= 0.3 is 0 Å². The Labute approximate surface area is 162 Å². The van der Waals surface area contributed by atoms with Gasteiger partial charge in [-0.1, -0.05) is 63.3 Å². The number of aryl methyl sites for hydroxylation is 4. The van der Waals surface area contributed by atoms with Crippen molar-refractivity contribution in [3.05, 3.63) is 58.7 Å². The van der Waals surface area contributed by atoms with Gasteiger partial charge in [0.1, 0.15) is 0 Å². The number of benzene rings is 2. The van der Waals surface area contributed by atoms with Crippen LogP contribution in [0.4, 0.5) is 0 Å². The smallest absolute Gasteiger partial charge is 0.0917 e. The molecular weight excluding hydrogens is 335 g/mol. The summed E-state index contributed by atoms with van der Waals surface area (Å²) in [4.78, 5) is 0. The monoisotopic (exact) mass is 370 g/mol. The maximum atomic E-state index is 6.48. The van der Waals surface area contributed by atoms with Gasteiger partial charge in [0.25, 0.3) is 0 Å². The zero-order valence-corrected chi connectivity index (χ0v) is 18.2. The predicted octanol–water partition coefficient (Wildman–Crippen LogP) is 6.65. The molecule has 1 nitrogen and oxygen atoms in total. The number of hydrogen-bond acceptors (Lipinski definition) is 1. The summed E-state index contributed by atoms with van der Waals surface area (Å²) in [7, 11) is -0.736. The van der Waals surface area contributed by atoms with Crippen LogP contribution in [0.1, 0.15) is 67.7 Å². The van der Waals surface area contributed by atoms with E-state index >= 15 is 0 Å². The minimum Gasteiger partial charge on any atom is -0.350 e. The molecule has 0 fully saturated rings. The van der Waals surface area contributed by atoms with Crippen LogP contribution in [0.25, 0.3) is 0 Å². The highest BCUT2D eigenvalue weighted by Crippen LogP contribution is 2.36. The van der Waals surface area contributed by atoms with Crippen LogP contribution >= 0.6 is 8.15 Å². The Bertz CT molecular complexity index is 641. The van der Waals surface area contributed by atoms with E-state index < -0.39 is 8.15 Å². The molecule has 0 aliphatic rings. The van der Waals surface area contributed by atoms with E-state index in [1.807, 2.05) is 0 Å². The quantitative estimate of drug-likeness (QED) is 0.336. The average molecular weight is 371 g/mol. The molecule has 142 valence electrons. The lowest BCUT2D eigenvalue weighted by atomic mass is 10.1.